The summed E-state index contributed by atoms with van der Waals surface area (Å²) in [5.74, 6) is 0.0306. The summed E-state index contributed by atoms with van der Waals surface area (Å²) >= 11 is 0. The van der Waals surface area contributed by atoms with Crippen molar-refractivity contribution in [2.45, 2.75) is 32.6 Å². The highest BCUT2D eigenvalue weighted by atomic mass is 16.6. The number of nitro benzene ring substituents is 1. The smallest absolute Gasteiger partial charge is 0.338 e. The van der Waals surface area contributed by atoms with Crippen molar-refractivity contribution in [2.24, 2.45) is 11.8 Å². The van der Waals surface area contributed by atoms with Gasteiger partial charge in [-0.1, -0.05) is 25.8 Å². The first-order chi connectivity index (χ1) is 9.99. The molecular weight excluding hydrogens is 272 g/mol. The molecule has 0 aliphatic heterocycles. The van der Waals surface area contributed by atoms with Crippen molar-refractivity contribution >= 4 is 17.3 Å². The summed E-state index contributed by atoms with van der Waals surface area (Å²) in [6.45, 7) is 2.81. The molecule has 1 aliphatic rings. The Morgan fingerprint density at radius 3 is 2.62 bits per heavy atom. The van der Waals surface area contributed by atoms with E-state index in [0.29, 0.717) is 12.5 Å². The minimum Gasteiger partial charge on any atom is -0.478 e. The Balaban J connectivity index is 2.14. The number of hydrogen-bond donors (Lipinski definition) is 2. The number of carbonyl (C=O) groups is 1. The van der Waals surface area contributed by atoms with E-state index in [1.807, 2.05) is 0 Å². The molecule has 0 aromatic heterocycles. The highest BCUT2D eigenvalue weighted by Crippen LogP contribution is 2.31. The number of nitro groups is 1. The van der Waals surface area contributed by atoms with Gasteiger partial charge in [-0.3, -0.25) is 10.1 Å². The van der Waals surface area contributed by atoms with Crippen molar-refractivity contribution in [3.63, 3.8) is 0 Å². The standard InChI is InChI=1S/C15H20N2O4/c1-10-5-7-11(8-6-10)9-16-14-12(15(18)19)3-2-4-13(14)17(20)21/h2-4,10-11,16H,5-9H2,1H3,(H,18,19). The third kappa shape index (κ3) is 3.71. The second kappa shape index (κ2) is 6.56. The lowest BCUT2D eigenvalue weighted by atomic mass is 9.83. The highest BCUT2D eigenvalue weighted by molar-refractivity contribution is 5.96. The summed E-state index contributed by atoms with van der Waals surface area (Å²) in [7, 11) is 0. The van der Waals surface area contributed by atoms with Gasteiger partial charge in [0.05, 0.1) is 10.5 Å². The first-order valence-corrected chi connectivity index (χ1v) is 7.23. The van der Waals surface area contributed by atoms with Gasteiger partial charge in [0.2, 0.25) is 0 Å². The molecule has 1 aliphatic carbocycles. The van der Waals surface area contributed by atoms with Crippen LogP contribution in [0.3, 0.4) is 0 Å². The Labute approximate surface area is 123 Å². The number of rotatable bonds is 5. The van der Waals surface area contributed by atoms with Gasteiger partial charge in [0, 0.05) is 12.6 Å². The van der Waals surface area contributed by atoms with Gasteiger partial charge in [-0.05, 0) is 30.7 Å². The molecule has 1 aromatic rings. The molecule has 0 spiro atoms. The van der Waals surface area contributed by atoms with Gasteiger partial charge in [-0.15, -0.1) is 0 Å². The maximum Gasteiger partial charge on any atom is 0.338 e. The van der Waals surface area contributed by atoms with Crippen molar-refractivity contribution < 1.29 is 14.8 Å². The number of anilines is 1. The van der Waals surface area contributed by atoms with Crippen LogP contribution in [-0.4, -0.2) is 22.5 Å². The maximum absolute atomic E-state index is 11.2. The fraction of sp³-hybridized carbons (Fsp3) is 0.533. The number of benzene rings is 1. The van der Waals surface area contributed by atoms with Crippen LogP contribution in [0.2, 0.25) is 0 Å². The number of carboxylic acid groups (broad SMARTS) is 1. The lowest BCUT2D eigenvalue weighted by Crippen LogP contribution is -2.21. The zero-order valence-electron chi connectivity index (χ0n) is 12.0. The minimum absolute atomic E-state index is 0.0478. The monoisotopic (exact) mass is 292 g/mol. The second-order valence-electron chi connectivity index (χ2n) is 5.77. The SMILES string of the molecule is CC1CCC(CNc2c(C(=O)O)cccc2[N+](=O)[O-])CC1. The molecule has 0 unspecified atom stereocenters. The molecule has 0 heterocycles. The molecule has 0 atom stereocenters. The van der Waals surface area contributed by atoms with Crippen LogP contribution in [0.4, 0.5) is 11.4 Å². The van der Waals surface area contributed by atoms with Gasteiger partial charge in [-0.2, -0.15) is 0 Å². The lowest BCUT2D eigenvalue weighted by molar-refractivity contribution is -0.384. The van der Waals surface area contributed by atoms with Crippen LogP contribution in [0.1, 0.15) is 43.0 Å². The summed E-state index contributed by atoms with van der Waals surface area (Å²) in [6, 6.07) is 4.12. The Morgan fingerprint density at radius 2 is 2.05 bits per heavy atom. The van der Waals surface area contributed by atoms with Gasteiger partial charge in [0.1, 0.15) is 5.69 Å². The molecule has 0 amide bonds. The van der Waals surface area contributed by atoms with E-state index in [9.17, 15) is 20.0 Å². The molecule has 0 saturated heterocycles. The second-order valence-corrected chi connectivity index (χ2v) is 5.77. The third-order valence-electron chi connectivity index (χ3n) is 4.17. The van der Waals surface area contributed by atoms with E-state index >= 15 is 0 Å². The number of carboxylic acids is 1. The quantitative estimate of drug-likeness (QED) is 0.639. The van der Waals surface area contributed by atoms with Gasteiger partial charge in [-0.25, -0.2) is 4.79 Å². The number of nitrogens with one attached hydrogen (secondary N) is 1. The molecular formula is C15H20N2O4. The van der Waals surface area contributed by atoms with Crippen molar-refractivity contribution in [3.05, 3.63) is 33.9 Å². The number of hydrogen-bond acceptors (Lipinski definition) is 4. The molecule has 2 rings (SSSR count). The third-order valence-corrected chi connectivity index (χ3v) is 4.17. The Hall–Kier alpha value is -2.11. The van der Waals surface area contributed by atoms with E-state index in [1.165, 1.54) is 18.2 Å². The first kappa shape index (κ1) is 15.3. The highest BCUT2D eigenvalue weighted by Gasteiger charge is 2.23. The minimum atomic E-state index is -1.15. The fourth-order valence-electron chi connectivity index (χ4n) is 2.84. The predicted octanol–water partition coefficient (Wildman–Crippen LogP) is 3.53. The molecule has 1 aromatic carbocycles. The molecule has 1 fully saturated rings. The molecule has 2 N–H and O–H groups in total. The van der Waals surface area contributed by atoms with Gasteiger partial charge < -0.3 is 10.4 Å². The van der Waals surface area contributed by atoms with E-state index in [1.54, 1.807) is 0 Å². The van der Waals surface area contributed by atoms with Crippen LogP contribution in [0.5, 0.6) is 0 Å². The van der Waals surface area contributed by atoms with Crippen LogP contribution in [0.25, 0.3) is 0 Å². The molecule has 6 nitrogen and oxygen atoms in total. The van der Waals surface area contributed by atoms with Crippen LogP contribution in [0, 0.1) is 22.0 Å². The molecule has 21 heavy (non-hydrogen) atoms. The number of aromatic carboxylic acids is 1. The molecule has 6 heteroatoms. The van der Waals surface area contributed by atoms with Crippen LogP contribution in [0.15, 0.2) is 18.2 Å². The van der Waals surface area contributed by atoms with E-state index < -0.39 is 10.9 Å². The van der Waals surface area contributed by atoms with Crippen LogP contribution in [-0.2, 0) is 0 Å². The van der Waals surface area contributed by atoms with Crippen LogP contribution >= 0.6 is 0 Å². The normalized spacial score (nSPS) is 21.8. The maximum atomic E-state index is 11.2. The van der Waals surface area contributed by atoms with E-state index in [2.05, 4.69) is 12.2 Å². The van der Waals surface area contributed by atoms with Gasteiger partial charge >= 0.3 is 5.97 Å². The zero-order valence-corrected chi connectivity index (χ0v) is 12.0. The summed E-state index contributed by atoms with van der Waals surface area (Å²) in [5, 5.41) is 23.3. The summed E-state index contributed by atoms with van der Waals surface area (Å²) < 4.78 is 0. The largest absolute Gasteiger partial charge is 0.478 e. The first-order valence-electron chi connectivity index (χ1n) is 7.23. The fourth-order valence-corrected chi connectivity index (χ4v) is 2.84. The molecule has 114 valence electrons. The van der Waals surface area contributed by atoms with E-state index in [0.717, 1.165) is 31.6 Å². The summed E-state index contributed by atoms with van der Waals surface area (Å²) in [6.07, 6.45) is 4.48. The van der Waals surface area contributed by atoms with E-state index in [4.69, 9.17) is 0 Å². The Kier molecular flexibility index (Phi) is 4.77. The van der Waals surface area contributed by atoms with Gasteiger partial charge in [0.25, 0.3) is 5.69 Å². The Bertz CT molecular complexity index is 504. The average molecular weight is 292 g/mol. The summed E-state index contributed by atoms with van der Waals surface area (Å²) in [5.41, 5.74) is -0.110. The molecule has 0 radical (unpaired) electrons. The van der Waals surface area contributed by atoms with Gasteiger partial charge in [0.15, 0.2) is 0 Å². The van der Waals surface area contributed by atoms with Crippen molar-refractivity contribution in [2.75, 3.05) is 11.9 Å². The predicted molar refractivity (Wildman–Crippen MR) is 79.7 cm³/mol. The average Bonchev–Trinajstić information content (AvgIpc) is 2.46. The zero-order chi connectivity index (χ0) is 15.4. The summed E-state index contributed by atoms with van der Waals surface area (Å²) in [4.78, 5) is 21.7. The topological polar surface area (TPSA) is 92.5 Å². The van der Waals surface area contributed by atoms with Crippen molar-refractivity contribution in [3.8, 4) is 0 Å². The number of para-hydroxylation sites is 1. The van der Waals surface area contributed by atoms with E-state index in [-0.39, 0.29) is 16.9 Å². The van der Waals surface area contributed by atoms with Crippen molar-refractivity contribution in [1.82, 2.24) is 0 Å². The van der Waals surface area contributed by atoms with Crippen LogP contribution < -0.4 is 5.32 Å². The molecule has 0 bridgehead atoms. The number of nitrogens with zero attached hydrogens (tertiary/aromatic N) is 1. The molecule has 1 saturated carbocycles. The Morgan fingerprint density at radius 1 is 1.38 bits per heavy atom. The van der Waals surface area contributed by atoms with Crippen molar-refractivity contribution in [1.29, 1.82) is 0 Å². The lowest BCUT2D eigenvalue weighted by Gasteiger charge is -2.26.